The van der Waals surface area contributed by atoms with Crippen molar-refractivity contribution in [3.8, 4) is 5.75 Å². The summed E-state index contributed by atoms with van der Waals surface area (Å²) in [5, 5.41) is 4.14. The second-order valence-electron chi connectivity index (χ2n) is 3.29. The highest BCUT2D eigenvalue weighted by atomic mass is 79.9. The molecule has 0 aliphatic heterocycles. The van der Waals surface area contributed by atoms with Crippen LogP contribution in [-0.4, -0.2) is 35.8 Å². The van der Waals surface area contributed by atoms with Crippen molar-refractivity contribution in [2.45, 2.75) is 0 Å². The van der Waals surface area contributed by atoms with Crippen LogP contribution in [0.3, 0.4) is 0 Å². The minimum atomic E-state index is 0.697. The largest absolute Gasteiger partial charge is 0.491 e. The standard InChI is InChI=1S/C9H11BrN4O/c1-13(2)9-7(15-3)5-14-8(12-9)6(10)4-11-14/h4-5H,1-3H3. The molecule has 2 rings (SSSR count). The maximum atomic E-state index is 5.24. The number of methoxy groups -OCH3 is 1. The predicted octanol–water partition coefficient (Wildman–Crippen LogP) is 1.57. The van der Waals surface area contributed by atoms with E-state index in [2.05, 4.69) is 26.0 Å². The van der Waals surface area contributed by atoms with E-state index in [0.717, 1.165) is 15.9 Å². The van der Waals surface area contributed by atoms with Crippen LogP contribution in [0.2, 0.25) is 0 Å². The molecule has 0 fully saturated rings. The molecule has 2 aromatic heterocycles. The summed E-state index contributed by atoms with van der Waals surface area (Å²) in [6.07, 6.45) is 3.52. The van der Waals surface area contributed by atoms with Crippen LogP contribution in [-0.2, 0) is 0 Å². The van der Waals surface area contributed by atoms with E-state index in [1.807, 2.05) is 25.2 Å². The van der Waals surface area contributed by atoms with Crippen LogP contribution in [0.4, 0.5) is 5.82 Å². The van der Waals surface area contributed by atoms with Gasteiger partial charge in [-0.2, -0.15) is 5.10 Å². The van der Waals surface area contributed by atoms with Crippen molar-refractivity contribution in [3.63, 3.8) is 0 Å². The van der Waals surface area contributed by atoms with E-state index in [1.54, 1.807) is 17.8 Å². The fourth-order valence-corrected chi connectivity index (χ4v) is 1.68. The van der Waals surface area contributed by atoms with Crippen molar-refractivity contribution in [3.05, 3.63) is 16.9 Å². The van der Waals surface area contributed by atoms with Crippen LogP contribution in [0.1, 0.15) is 0 Å². The lowest BCUT2D eigenvalue weighted by Crippen LogP contribution is -2.13. The molecule has 15 heavy (non-hydrogen) atoms. The first-order chi connectivity index (χ1) is 7.13. The fourth-order valence-electron chi connectivity index (χ4n) is 1.32. The number of aromatic nitrogens is 3. The molecule has 5 nitrogen and oxygen atoms in total. The van der Waals surface area contributed by atoms with Gasteiger partial charge in [0.2, 0.25) is 0 Å². The van der Waals surface area contributed by atoms with Crippen LogP contribution in [0.5, 0.6) is 5.75 Å². The average molecular weight is 271 g/mol. The lowest BCUT2D eigenvalue weighted by molar-refractivity contribution is 0.410. The molecule has 2 heterocycles. The summed E-state index contributed by atoms with van der Waals surface area (Å²) in [6.45, 7) is 0. The highest BCUT2D eigenvalue weighted by Crippen LogP contribution is 2.26. The Morgan fingerprint density at radius 3 is 2.80 bits per heavy atom. The van der Waals surface area contributed by atoms with Gasteiger partial charge in [-0.05, 0) is 15.9 Å². The lowest BCUT2D eigenvalue weighted by atomic mass is 10.5. The number of nitrogens with zero attached hydrogens (tertiary/aromatic N) is 4. The minimum absolute atomic E-state index is 0.697. The zero-order chi connectivity index (χ0) is 11.0. The molecule has 0 N–H and O–H groups in total. The van der Waals surface area contributed by atoms with Gasteiger partial charge in [-0.15, -0.1) is 0 Å². The molecule has 0 saturated heterocycles. The molecule has 0 amide bonds. The van der Waals surface area contributed by atoms with Crippen LogP contribution in [0.15, 0.2) is 16.9 Å². The van der Waals surface area contributed by atoms with Crippen molar-refractivity contribution in [1.82, 2.24) is 14.6 Å². The molecule has 80 valence electrons. The first-order valence-electron chi connectivity index (χ1n) is 4.38. The van der Waals surface area contributed by atoms with Crippen LogP contribution in [0.25, 0.3) is 5.65 Å². The van der Waals surface area contributed by atoms with Crippen LogP contribution in [0, 0.1) is 0 Å². The summed E-state index contributed by atoms with van der Waals surface area (Å²) < 4.78 is 7.79. The predicted molar refractivity (Wildman–Crippen MR) is 61.6 cm³/mol. The number of hydrogen-bond donors (Lipinski definition) is 0. The fraction of sp³-hybridized carbons (Fsp3) is 0.333. The van der Waals surface area contributed by atoms with Gasteiger partial charge < -0.3 is 9.64 Å². The number of anilines is 1. The van der Waals surface area contributed by atoms with Crippen LogP contribution < -0.4 is 9.64 Å². The molecular weight excluding hydrogens is 260 g/mol. The van der Waals surface area contributed by atoms with E-state index >= 15 is 0 Å². The third-order valence-electron chi connectivity index (χ3n) is 2.04. The number of ether oxygens (including phenoxy) is 1. The molecule has 6 heteroatoms. The second-order valence-corrected chi connectivity index (χ2v) is 4.14. The number of hydrogen-bond acceptors (Lipinski definition) is 4. The monoisotopic (exact) mass is 270 g/mol. The highest BCUT2D eigenvalue weighted by molar-refractivity contribution is 9.10. The van der Waals surface area contributed by atoms with Crippen molar-refractivity contribution >= 4 is 27.4 Å². The molecule has 0 spiro atoms. The van der Waals surface area contributed by atoms with Gasteiger partial charge in [0.15, 0.2) is 17.2 Å². The Labute approximate surface area is 95.8 Å². The van der Waals surface area contributed by atoms with Gasteiger partial charge in [-0.3, -0.25) is 0 Å². The molecule has 0 atom stereocenters. The quantitative estimate of drug-likeness (QED) is 0.831. The first kappa shape index (κ1) is 10.2. The van der Waals surface area contributed by atoms with Crippen LogP contribution >= 0.6 is 15.9 Å². The van der Waals surface area contributed by atoms with E-state index < -0.39 is 0 Å². The molecule has 0 aromatic carbocycles. The van der Waals surface area contributed by atoms with Gasteiger partial charge in [0, 0.05) is 14.1 Å². The minimum Gasteiger partial charge on any atom is -0.491 e. The molecule has 0 saturated carbocycles. The van der Waals surface area contributed by atoms with Crippen molar-refractivity contribution < 1.29 is 4.74 Å². The summed E-state index contributed by atoms with van der Waals surface area (Å²) in [5.41, 5.74) is 0.777. The summed E-state index contributed by atoms with van der Waals surface area (Å²) >= 11 is 3.39. The Hall–Kier alpha value is -1.30. The van der Waals surface area contributed by atoms with Crippen molar-refractivity contribution in [1.29, 1.82) is 0 Å². The highest BCUT2D eigenvalue weighted by Gasteiger charge is 2.11. The molecular formula is C9H11BrN4O. The third kappa shape index (κ3) is 1.65. The molecule has 0 bridgehead atoms. The Balaban J connectivity index is 2.71. The Kier molecular flexibility index (Phi) is 2.52. The summed E-state index contributed by atoms with van der Waals surface area (Å²) in [7, 11) is 5.46. The zero-order valence-electron chi connectivity index (χ0n) is 8.73. The molecule has 0 aliphatic carbocycles. The molecule has 0 aliphatic rings. The maximum Gasteiger partial charge on any atom is 0.179 e. The van der Waals surface area contributed by atoms with E-state index in [4.69, 9.17) is 4.74 Å². The second kappa shape index (κ2) is 3.69. The van der Waals surface area contributed by atoms with Gasteiger partial charge in [0.1, 0.15) is 0 Å². The topological polar surface area (TPSA) is 42.7 Å². The van der Waals surface area contributed by atoms with E-state index in [9.17, 15) is 0 Å². The molecule has 2 aromatic rings. The summed E-state index contributed by atoms with van der Waals surface area (Å²) in [4.78, 5) is 6.36. The zero-order valence-corrected chi connectivity index (χ0v) is 10.3. The maximum absolute atomic E-state index is 5.24. The van der Waals surface area contributed by atoms with Gasteiger partial charge in [-0.1, -0.05) is 0 Å². The Morgan fingerprint density at radius 1 is 1.47 bits per heavy atom. The number of halogens is 1. The third-order valence-corrected chi connectivity index (χ3v) is 2.60. The SMILES string of the molecule is COc1cn2ncc(Br)c2nc1N(C)C. The smallest absolute Gasteiger partial charge is 0.179 e. The number of rotatable bonds is 2. The van der Waals surface area contributed by atoms with Crippen molar-refractivity contribution in [2.24, 2.45) is 0 Å². The summed E-state index contributed by atoms with van der Waals surface area (Å²) in [6, 6.07) is 0. The van der Waals surface area contributed by atoms with Gasteiger partial charge in [-0.25, -0.2) is 9.50 Å². The van der Waals surface area contributed by atoms with Gasteiger partial charge in [0.25, 0.3) is 0 Å². The van der Waals surface area contributed by atoms with E-state index in [-0.39, 0.29) is 0 Å². The number of fused-ring (bicyclic) bond motifs is 1. The van der Waals surface area contributed by atoms with E-state index in [0.29, 0.717) is 5.75 Å². The first-order valence-corrected chi connectivity index (χ1v) is 5.18. The molecule has 0 radical (unpaired) electrons. The Bertz CT molecular complexity index is 494. The Morgan fingerprint density at radius 2 is 2.20 bits per heavy atom. The molecule has 0 unspecified atom stereocenters. The average Bonchev–Trinajstić information content (AvgIpc) is 2.58. The summed E-state index contributed by atoms with van der Waals surface area (Å²) in [5.74, 6) is 1.48. The van der Waals surface area contributed by atoms with Gasteiger partial charge >= 0.3 is 0 Å². The van der Waals surface area contributed by atoms with Gasteiger partial charge in [0.05, 0.1) is 24.0 Å². The lowest BCUT2D eigenvalue weighted by Gasteiger charge is -2.15. The normalized spacial score (nSPS) is 10.7. The van der Waals surface area contributed by atoms with E-state index in [1.165, 1.54) is 0 Å². The van der Waals surface area contributed by atoms with Crippen molar-refractivity contribution in [2.75, 3.05) is 26.1 Å².